The van der Waals surface area contributed by atoms with Gasteiger partial charge in [-0.25, -0.2) is 4.98 Å². The summed E-state index contributed by atoms with van der Waals surface area (Å²) in [7, 11) is -5.21. The lowest BCUT2D eigenvalue weighted by molar-refractivity contribution is -0.147. The van der Waals surface area contributed by atoms with Crippen molar-refractivity contribution in [2.45, 2.75) is 183 Å². The molecule has 6 heterocycles. The van der Waals surface area contributed by atoms with E-state index in [-0.39, 0.29) is 43.3 Å². The third-order valence-electron chi connectivity index (χ3n) is 19.5. The number of hydrogen-bond acceptors (Lipinski definition) is 23. The van der Waals surface area contributed by atoms with Gasteiger partial charge in [0.05, 0.1) is 49.1 Å². The molecule has 4 aromatic rings. The van der Waals surface area contributed by atoms with Crippen LogP contribution in [0.3, 0.4) is 0 Å². The number of phenols is 1. The van der Waals surface area contributed by atoms with Gasteiger partial charge in [-0.05, 0) is 125 Å². The largest absolute Gasteiger partial charge is 0.504 e. The van der Waals surface area contributed by atoms with Crippen molar-refractivity contribution in [2.24, 2.45) is 23.5 Å². The molecule has 4 aliphatic heterocycles. The van der Waals surface area contributed by atoms with E-state index in [1.807, 2.05) is 18.3 Å². The third kappa shape index (κ3) is 18.2. The summed E-state index contributed by atoms with van der Waals surface area (Å²) in [4.78, 5) is 109. The van der Waals surface area contributed by atoms with Gasteiger partial charge < -0.3 is 86.6 Å². The lowest BCUT2D eigenvalue weighted by Gasteiger charge is -2.34. The number of anilines is 1. The molecule has 6 fully saturated rings. The van der Waals surface area contributed by atoms with Gasteiger partial charge in [-0.3, -0.25) is 38.1 Å². The number of amides is 7. The number of ether oxygens (including phenoxy) is 1. The predicted molar refractivity (Wildman–Crippen MR) is 350 cm³/mol. The van der Waals surface area contributed by atoms with E-state index in [1.165, 1.54) is 33.1 Å². The fraction of sp³-hybridized carbons (Fsp3) is 0.600. The quantitative estimate of drug-likeness (QED) is 0.0546. The summed E-state index contributed by atoms with van der Waals surface area (Å²) in [6.07, 6.45) is 0.430. The highest BCUT2D eigenvalue weighted by atomic mass is 32.3. The van der Waals surface area contributed by atoms with Gasteiger partial charge in [0.2, 0.25) is 41.4 Å². The number of carbonyl (C=O) groups excluding carboxylic acids is 7. The summed E-state index contributed by atoms with van der Waals surface area (Å²) in [5.74, 6) is -8.08. The average Bonchev–Trinajstić information content (AvgIpc) is 1.71. The molecule has 30 nitrogen and oxygen atoms in total. The number of rotatable bonds is 19. The number of fused-ring (bicyclic) bond motifs is 2. The van der Waals surface area contributed by atoms with Crippen molar-refractivity contribution in [2.75, 3.05) is 50.8 Å². The molecular formula is C65H88N12O18S2. The lowest BCUT2D eigenvalue weighted by Crippen LogP contribution is -2.64. The molecule has 0 unspecified atom stereocenters. The molecule has 32 heteroatoms. The Kier molecular flexibility index (Phi) is 23.8. The molecule has 4 saturated heterocycles. The van der Waals surface area contributed by atoms with Crippen LogP contribution in [0.4, 0.5) is 5.82 Å². The fourth-order valence-corrected chi connectivity index (χ4v) is 15.1. The van der Waals surface area contributed by atoms with Crippen molar-refractivity contribution in [3.05, 3.63) is 71.4 Å². The number of primary amides is 1. The van der Waals surface area contributed by atoms with Crippen LogP contribution in [0, 0.1) is 17.8 Å². The summed E-state index contributed by atoms with van der Waals surface area (Å²) in [6, 6.07) is 4.81. The van der Waals surface area contributed by atoms with Crippen molar-refractivity contribution in [3.63, 3.8) is 0 Å². The second-order valence-electron chi connectivity index (χ2n) is 26.7. The SMILES string of the molecule is C[C@@H](O)[C@@H]1NC(=O)[C@@H](NC[C@H]2CC[C@H](c3nnc(-c4ccc(-c5ccc(N6CCC(OCC7CCC7)CC6)nc5)cc4)s3)CC2)CCCNC(=O)[C@@H]2[C@@H](O)[C@@H](C)CN2C(=O)[C@H]([C@H](O)CC(N)=O)NC(=O)[C@H]([C@H](O)Cc2ccc(O)c(OS(=O)(=O)O)c2)NC(=O)[C@@H]2C[C@@H](O)CN2C1=O. The van der Waals surface area contributed by atoms with Crippen LogP contribution in [-0.4, -0.2) is 229 Å². The van der Waals surface area contributed by atoms with Gasteiger partial charge in [-0.2, -0.15) is 8.42 Å². The monoisotopic (exact) mass is 1390 g/mol. The maximum Gasteiger partial charge on any atom is 0.446 e. The van der Waals surface area contributed by atoms with E-state index in [1.54, 1.807) is 11.3 Å². The summed E-state index contributed by atoms with van der Waals surface area (Å²) < 4.78 is 43.1. The Morgan fingerprint density at radius 1 is 0.763 bits per heavy atom. The highest BCUT2D eigenvalue weighted by Crippen LogP contribution is 2.40. The number of hydrogen-bond donors (Lipinski definition) is 13. The molecule has 2 aliphatic carbocycles. The Bertz CT molecular complexity index is 3550. The third-order valence-corrected chi connectivity index (χ3v) is 21.0. The number of benzene rings is 2. The number of nitrogens with two attached hydrogens (primary N) is 1. The Balaban J connectivity index is 0.818. The zero-order valence-electron chi connectivity index (χ0n) is 54.1. The van der Waals surface area contributed by atoms with Gasteiger partial charge in [-0.15, -0.1) is 10.2 Å². The van der Waals surface area contributed by atoms with E-state index in [0.717, 1.165) is 125 Å². The van der Waals surface area contributed by atoms with Crippen LogP contribution in [0.2, 0.25) is 0 Å². The molecule has 14 N–H and O–H groups in total. The molecule has 2 aromatic heterocycles. The first-order valence-electron chi connectivity index (χ1n) is 33.2. The first-order chi connectivity index (χ1) is 46.3. The Morgan fingerprint density at radius 2 is 1.44 bits per heavy atom. The van der Waals surface area contributed by atoms with Crippen molar-refractivity contribution in [1.82, 2.24) is 51.6 Å². The Hall–Kier alpha value is -7.53. The molecular weight excluding hydrogens is 1300 g/mol. The number of aromatic hydroxyl groups is 1. The van der Waals surface area contributed by atoms with E-state index in [4.69, 9.17) is 15.5 Å². The highest BCUT2D eigenvalue weighted by molar-refractivity contribution is 7.81. The van der Waals surface area contributed by atoms with E-state index in [0.29, 0.717) is 12.6 Å². The molecule has 0 bridgehead atoms. The van der Waals surface area contributed by atoms with Gasteiger partial charge in [0.15, 0.2) is 11.5 Å². The molecule has 528 valence electrons. The molecule has 2 saturated carbocycles. The van der Waals surface area contributed by atoms with Crippen molar-refractivity contribution < 1.29 is 86.1 Å². The number of phenolic OH excluding ortho intramolecular Hbond substituents is 1. The Morgan fingerprint density at radius 3 is 2.10 bits per heavy atom. The molecule has 97 heavy (non-hydrogen) atoms. The maximum atomic E-state index is 14.7. The number of carbonyl (C=O) groups is 7. The van der Waals surface area contributed by atoms with Gasteiger partial charge in [0.25, 0.3) is 0 Å². The van der Waals surface area contributed by atoms with Crippen molar-refractivity contribution >= 4 is 68.9 Å². The molecule has 6 aliphatic rings. The van der Waals surface area contributed by atoms with Crippen molar-refractivity contribution in [1.29, 1.82) is 0 Å². The highest BCUT2D eigenvalue weighted by Gasteiger charge is 2.50. The summed E-state index contributed by atoms with van der Waals surface area (Å²) >= 11 is 1.55. The molecule has 12 atom stereocenters. The predicted octanol–water partition coefficient (Wildman–Crippen LogP) is -0.0735. The minimum Gasteiger partial charge on any atom is -0.504 e. The Labute approximate surface area is 565 Å². The number of nitrogens with zero attached hydrogens (tertiary/aromatic N) is 6. The minimum absolute atomic E-state index is 0.0333. The molecule has 0 spiro atoms. The fourth-order valence-electron chi connectivity index (χ4n) is 13.7. The molecule has 0 radical (unpaired) electrons. The second kappa shape index (κ2) is 32.0. The number of pyridine rings is 1. The topological polar surface area (TPSA) is 448 Å². The number of piperidine rings is 1. The first-order valence-corrected chi connectivity index (χ1v) is 35.4. The van der Waals surface area contributed by atoms with E-state index < -0.39 is 162 Å². The second-order valence-corrected chi connectivity index (χ2v) is 28.7. The molecule has 10 rings (SSSR count). The number of aliphatic hydroxyl groups excluding tert-OH is 5. The standard InChI is InChI=1S/C65H88N12O18S2/c1-34-31-77-56(57(34)84)61(88)67-22-4-7-45(68-29-36-8-11-40(12-9-36)62-73-74-63(96-62)41-15-13-39(14-16-41)42-17-19-52(69-30-42)75-23-20-44(21-24-75)94-33-37-5-3-6-37)58(85)70-53(35(2)78)64(89)76-32-43(79)27-46(76)59(86)71-54(60(87)72-55(65(77)90)49(82)28-51(66)83)48(81)25-38-10-18-47(80)50(26-38)95-97(91,92)93/h10,13-19,26,30,34-37,40,43-46,48-49,53-57,68,78-82,84H,3-9,11-12,20-25,27-29,31-33H2,1-2H3,(H2,66,83)(H,67,88)(H,70,85)(H,71,86)(H,72,87)(H,91,92,93)/t34-,35+,36-,40-,43+,45-,46-,48+,49+,53-,54-,55-,56-,57-/m0/s1. The summed E-state index contributed by atoms with van der Waals surface area (Å²) in [5, 5.41) is 91.4. The van der Waals surface area contributed by atoms with E-state index in [2.05, 4.69) is 70.1 Å². The van der Waals surface area contributed by atoms with Gasteiger partial charge in [0, 0.05) is 81.3 Å². The smallest absolute Gasteiger partial charge is 0.446 e. The first kappa shape index (κ1) is 72.2. The van der Waals surface area contributed by atoms with Gasteiger partial charge in [-0.1, -0.05) is 55.0 Å². The maximum absolute atomic E-state index is 14.7. The molecule has 7 amide bonds. The zero-order chi connectivity index (χ0) is 69.4. The van der Waals surface area contributed by atoms with E-state index >= 15 is 0 Å². The van der Waals surface area contributed by atoms with Crippen LogP contribution in [-0.2, 0) is 55.1 Å². The lowest BCUT2D eigenvalue weighted by atomic mass is 9.82. The molecule has 2 aromatic carbocycles. The summed E-state index contributed by atoms with van der Waals surface area (Å²) in [5.41, 5.74) is 8.32. The van der Waals surface area contributed by atoms with Crippen LogP contribution >= 0.6 is 11.3 Å². The van der Waals surface area contributed by atoms with Crippen molar-refractivity contribution in [3.8, 4) is 33.2 Å². The zero-order valence-corrected chi connectivity index (χ0v) is 55.7. The van der Waals surface area contributed by atoms with Crippen LogP contribution in [0.15, 0.2) is 60.8 Å². The van der Waals surface area contributed by atoms with Crippen LogP contribution in [0.5, 0.6) is 11.5 Å². The number of nitrogens with one attached hydrogen (secondary N) is 5. The minimum atomic E-state index is -5.21. The number of aromatic nitrogens is 3. The van der Waals surface area contributed by atoms with Crippen LogP contribution in [0.1, 0.15) is 114 Å². The van der Waals surface area contributed by atoms with Crippen LogP contribution < -0.4 is 41.4 Å². The van der Waals surface area contributed by atoms with Crippen LogP contribution in [0.25, 0.3) is 21.7 Å². The average molecular weight is 1390 g/mol. The van der Waals surface area contributed by atoms with Gasteiger partial charge >= 0.3 is 10.4 Å². The summed E-state index contributed by atoms with van der Waals surface area (Å²) in [6.45, 7) is 4.86. The normalized spacial score (nSPS) is 28.0. The number of aliphatic hydroxyl groups is 5. The van der Waals surface area contributed by atoms with E-state index in [9.17, 15) is 77.2 Å². The van der Waals surface area contributed by atoms with Gasteiger partial charge in [0.1, 0.15) is 46.0 Å².